The molecule has 18 heavy (non-hydrogen) atoms. The molecule has 1 aromatic rings. The number of rotatable bonds is 8. The lowest BCUT2D eigenvalue weighted by atomic mass is 10.3. The van der Waals surface area contributed by atoms with Gasteiger partial charge in [-0.25, -0.2) is 4.98 Å². The summed E-state index contributed by atoms with van der Waals surface area (Å²) in [6, 6.07) is 5.38. The molecule has 100 valence electrons. The Bertz CT molecular complexity index is 369. The second-order valence-electron chi connectivity index (χ2n) is 3.89. The van der Waals surface area contributed by atoms with Gasteiger partial charge in [0.25, 0.3) is 5.91 Å². The summed E-state index contributed by atoms with van der Waals surface area (Å²) in [4.78, 5) is 16.0. The van der Waals surface area contributed by atoms with Crippen molar-refractivity contribution in [2.45, 2.75) is 19.8 Å². The Kier molecular flexibility index (Phi) is 6.79. The number of aromatic nitrogens is 1. The number of carbonyl (C=O) groups excluding carboxylic acids is 1. The molecule has 0 atom stereocenters. The van der Waals surface area contributed by atoms with Crippen LogP contribution in [-0.4, -0.2) is 37.7 Å². The lowest BCUT2D eigenvalue weighted by molar-refractivity contribution is 0.0946. The van der Waals surface area contributed by atoms with E-state index in [1.54, 1.807) is 13.2 Å². The summed E-state index contributed by atoms with van der Waals surface area (Å²) in [5, 5.41) is 5.92. The molecule has 1 amide bonds. The van der Waals surface area contributed by atoms with Crippen molar-refractivity contribution in [3.05, 3.63) is 23.9 Å². The minimum absolute atomic E-state index is 0.132. The number of methoxy groups -OCH3 is 1. The van der Waals surface area contributed by atoms with E-state index in [1.807, 2.05) is 19.1 Å². The quantitative estimate of drug-likeness (QED) is 0.690. The average molecular weight is 251 g/mol. The van der Waals surface area contributed by atoms with Gasteiger partial charge in [-0.15, -0.1) is 0 Å². The van der Waals surface area contributed by atoms with Gasteiger partial charge in [-0.1, -0.05) is 6.07 Å². The lowest BCUT2D eigenvalue weighted by Crippen LogP contribution is -2.25. The molecule has 1 aromatic heterocycles. The van der Waals surface area contributed by atoms with Crippen molar-refractivity contribution < 1.29 is 9.53 Å². The van der Waals surface area contributed by atoms with Crippen molar-refractivity contribution in [1.82, 2.24) is 10.3 Å². The summed E-state index contributed by atoms with van der Waals surface area (Å²) in [6.07, 6.45) is 1.86. The molecule has 1 rings (SSSR count). The van der Waals surface area contributed by atoms with Gasteiger partial charge in [0, 0.05) is 26.8 Å². The number of unbranched alkanes of at least 4 members (excludes halogenated alkanes) is 1. The smallest absolute Gasteiger partial charge is 0.269 e. The van der Waals surface area contributed by atoms with Crippen LogP contribution in [0, 0.1) is 0 Å². The van der Waals surface area contributed by atoms with Crippen molar-refractivity contribution in [2.24, 2.45) is 0 Å². The maximum absolute atomic E-state index is 11.8. The van der Waals surface area contributed by atoms with E-state index < -0.39 is 0 Å². The van der Waals surface area contributed by atoms with Crippen LogP contribution < -0.4 is 10.6 Å². The molecule has 0 radical (unpaired) electrons. The van der Waals surface area contributed by atoms with Gasteiger partial charge in [-0.3, -0.25) is 4.79 Å². The third-order valence-electron chi connectivity index (χ3n) is 2.40. The molecular formula is C13H21N3O2. The molecule has 0 saturated carbocycles. The maximum atomic E-state index is 11.8. The molecule has 0 aliphatic rings. The number of hydrogen-bond donors (Lipinski definition) is 2. The van der Waals surface area contributed by atoms with Crippen LogP contribution in [0.1, 0.15) is 30.3 Å². The van der Waals surface area contributed by atoms with Crippen LogP contribution >= 0.6 is 0 Å². The first-order valence-corrected chi connectivity index (χ1v) is 6.26. The molecule has 0 aromatic carbocycles. The van der Waals surface area contributed by atoms with Gasteiger partial charge >= 0.3 is 0 Å². The number of anilines is 1. The zero-order chi connectivity index (χ0) is 13.2. The molecule has 0 saturated heterocycles. The molecule has 0 aliphatic carbocycles. The van der Waals surface area contributed by atoms with Gasteiger partial charge in [-0.05, 0) is 31.9 Å². The number of carbonyl (C=O) groups is 1. The maximum Gasteiger partial charge on any atom is 0.269 e. The Morgan fingerprint density at radius 3 is 2.94 bits per heavy atom. The van der Waals surface area contributed by atoms with Crippen LogP contribution in [0.2, 0.25) is 0 Å². The Balaban J connectivity index is 2.38. The molecule has 0 unspecified atom stereocenters. The fourth-order valence-corrected chi connectivity index (χ4v) is 1.50. The van der Waals surface area contributed by atoms with Crippen molar-refractivity contribution in [3.63, 3.8) is 0 Å². The molecule has 0 spiro atoms. The van der Waals surface area contributed by atoms with E-state index >= 15 is 0 Å². The second-order valence-corrected chi connectivity index (χ2v) is 3.89. The van der Waals surface area contributed by atoms with Gasteiger partial charge in [0.1, 0.15) is 11.5 Å². The Labute approximate surface area is 108 Å². The van der Waals surface area contributed by atoms with E-state index in [2.05, 4.69) is 15.6 Å². The van der Waals surface area contributed by atoms with Crippen molar-refractivity contribution in [1.29, 1.82) is 0 Å². The number of ether oxygens (including phenoxy) is 1. The van der Waals surface area contributed by atoms with Crippen LogP contribution in [0.3, 0.4) is 0 Å². The highest BCUT2D eigenvalue weighted by Gasteiger charge is 2.06. The van der Waals surface area contributed by atoms with E-state index in [9.17, 15) is 4.79 Å². The van der Waals surface area contributed by atoms with Crippen LogP contribution in [0.15, 0.2) is 18.2 Å². The van der Waals surface area contributed by atoms with Gasteiger partial charge in [0.15, 0.2) is 0 Å². The third-order valence-corrected chi connectivity index (χ3v) is 2.40. The van der Waals surface area contributed by atoms with Crippen molar-refractivity contribution in [3.8, 4) is 0 Å². The van der Waals surface area contributed by atoms with Crippen LogP contribution in [0.4, 0.5) is 5.82 Å². The highest BCUT2D eigenvalue weighted by atomic mass is 16.5. The average Bonchev–Trinajstić information content (AvgIpc) is 2.39. The molecule has 0 aliphatic heterocycles. The largest absolute Gasteiger partial charge is 0.385 e. The minimum Gasteiger partial charge on any atom is -0.385 e. The molecule has 0 fully saturated rings. The number of pyridine rings is 1. The van der Waals surface area contributed by atoms with Gasteiger partial charge in [0.2, 0.25) is 0 Å². The third kappa shape index (κ3) is 5.14. The van der Waals surface area contributed by atoms with E-state index in [1.165, 1.54) is 0 Å². The minimum atomic E-state index is -0.132. The molecule has 1 heterocycles. The fourth-order valence-electron chi connectivity index (χ4n) is 1.50. The highest BCUT2D eigenvalue weighted by molar-refractivity contribution is 5.92. The zero-order valence-electron chi connectivity index (χ0n) is 11.0. The molecular weight excluding hydrogens is 230 g/mol. The molecule has 0 bridgehead atoms. The van der Waals surface area contributed by atoms with Crippen LogP contribution in [-0.2, 0) is 4.74 Å². The first-order valence-electron chi connectivity index (χ1n) is 6.26. The predicted molar refractivity (Wildman–Crippen MR) is 71.8 cm³/mol. The van der Waals surface area contributed by atoms with Crippen LogP contribution in [0.25, 0.3) is 0 Å². The Hall–Kier alpha value is -1.62. The standard InChI is InChI=1S/C13H21N3O2/c1-3-14-12-8-6-7-11(16-12)13(17)15-9-4-5-10-18-2/h6-8H,3-5,9-10H2,1-2H3,(H,14,16)(H,15,17). The topological polar surface area (TPSA) is 63.2 Å². The Morgan fingerprint density at radius 2 is 2.22 bits per heavy atom. The van der Waals surface area contributed by atoms with E-state index in [0.717, 1.165) is 31.8 Å². The number of nitrogens with zero attached hydrogens (tertiary/aromatic N) is 1. The summed E-state index contributed by atoms with van der Waals surface area (Å²) < 4.78 is 4.94. The number of amides is 1. The second kappa shape index (κ2) is 8.47. The lowest BCUT2D eigenvalue weighted by Gasteiger charge is -2.06. The Morgan fingerprint density at radius 1 is 1.39 bits per heavy atom. The summed E-state index contributed by atoms with van der Waals surface area (Å²) in [5.74, 6) is 0.594. The summed E-state index contributed by atoms with van der Waals surface area (Å²) >= 11 is 0. The fraction of sp³-hybridized carbons (Fsp3) is 0.538. The summed E-state index contributed by atoms with van der Waals surface area (Å²) in [5.41, 5.74) is 0.445. The van der Waals surface area contributed by atoms with Crippen molar-refractivity contribution in [2.75, 3.05) is 32.1 Å². The normalized spacial score (nSPS) is 10.1. The van der Waals surface area contributed by atoms with Gasteiger partial charge < -0.3 is 15.4 Å². The zero-order valence-corrected chi connectivity index (χ0v) is 11.0. The summed E-state index contributed by atoms with van der Waals surface area (Å²) in [6.45, 7) is 4.15. The van der Waals surface area contributed by atoms with E-state index in [4.69, 9.17) is 4.74 Å². The number of hydrogen-bond acceptors (Lipinski definition) is 4. The van der Waals surface area contributed by atoms with Crippen molar-refractivity contribution >= 4 is 11.7 Å². The molecule has 2 N–H and O–H groups in total. The first-order chi connectivity index (χ1) is 8.77. The highest BCUT2D eigenvalue weighted by Crippen LogP contribution is 2.04. The van der Waals surface area contributed by atoms with E-state index in [0.29, 0.717) is 12.2 Å². The number of nitrogens with one attached hydrogen (secondary N) is 2. The van der Waals surface area contributed by atoms with Gasteiger partial charge in [0.05, 0.1) is 0 Å². The van der Waals surface area contributed by atoms with Gasteiger partial charge in [-0.2, -0.15) is 0 Å². The molecule has 5 heteroatoms. The van der Waals surface area contributed by atoms with E-state index in [-0.39, 0.29) is 5.91 Å². The first kappa shape index (κ1) is 14.4. The monoisotopic (exact) mass is 251 g/mol. The predicted octanol–water partition coefficient (Wildman–Crippen LogP) is 1.67. The summed E-state index contributed by atoms with van der Waals surface area (Å²) in [7, 11) is 1.68. The van der Waals surface area contributed by atoms with Crippen LogP contribution in [0.5, 0.6) is 0 Å². The SMILES string of the molecule is CCNc1cccc(C(=O)NCCCCOC)n1. The molecule has 5 nitrogen and oxygen atoms in total.